The van der Waals surface area contributed by atoms with Crippen LogP contribution in [-0.2, 0) is 9.26 Å². The molecular formula is C12H25O2P. The molecular weight excluding hydrogens is 207 g/mol. The van der Waals surface area contributed by atoms with E-state index in [0.29, 0.717) is 24.3 Å². The zero-order valence-corrected chi connectivity index (χ0v) is 11.8. The fraction of sp³-hybridized carbons (Fsp3) is 1.00. The topological polar surface area (TPSA) is 18.5 Å². The zero-order valence-electron chi connectivity index (χ0n) is 10.9. The third-order valence-electron chi connectivity index (χ3n) is 3.49. The van der Waals surface area contributed by atoms with Crippen molar-refractivity contribution in [2.45, 2.75) is 52.4 Å². The van der Waals surface area contributed by atoms with E-state index in [2.05, 4.69) is 41.5 Å². The van der Waals surface area contributed by atoms with Crippen LogP contribution in [0, 0.1) is 11.8 Å². The molecule has 1 aliphatic heterocycles. The lowest BCUT2D eigenvalue weighted by atomic mass is 9.85. The van der Waals surface area contributed by atoms with Crippen molar-refractivity contribution in [1.29, 1.82) is 0 Å². The molecule has 1 heterocycles. The molecule has 3 heteroatoms. The molecule has 1 atom stereocenters. The molecule has 0 aromatic heterocycles. The second kappa shape index (κ2) is 5.12. The molecule has 2 nitrogen and oxygen atoms in total. The fourth-order valence-corrected chi connectivity index (χ4v) is 5.55. The third kappa shape index (κ3) is 2.38. The van der Waals surface area contributed by atoms with Gasteiger partial charge in [0, 0.05) is 13.3 Å². The molecule has 90 valence electrons. The Morgan fingerprint density at radius 1 is 1.00 bits per heavy atom. The van der Waals surface area contributed by atoms with Gasteiger partial charge in [0.05, 0.1) is 6.61 Å². The summed E-state index contributed by atoms with van der Waals surface area (Å²) in [6.07, 6.45) is 0. The van der Waals surface area contributed by atoms with Crippen LogP contribution in [-0.4, -0.2) is 24.2 Å². The Hall–Kier alpha value is 0.350. The highest BCUT2D eigenvalue weighted by molar-refractivity contribution is 7.55. The minimum atomic E-state index is -0.382. The number of hydrogen-bond acceptors (Lipinski definition) is 2. The highest BCUT2D eigenvalue weighted by atomic mass is 31.1. The minimum Gasteiger partial charge on any atom is -0.354 e. The number of hydrogen-bond donors (Lipinski definition) is 0. The summed E-state index contributed by atoms with van der Waals surface area (Å²) >= 11 is 0. The van der Waals surface area contributed by atoms with E-state index in [0.717, 1.165) is 6.61 Å². The summed E-state index contributed by atoms with van der Waals surface area (Å²) in [7, 11) is -0.382. The van der Waals surface area contributed by atoms with Gasteiger partial charge in [-0.15, -0.1) is 0 Å². The van der Waals surface area contributed by atoms with E-state index in [1.165, 1.54) is 0 Å². The van der Waals surface area contributed by atoms with Crippen molar-refractivity contribution in [2.24, 2.45) is 11.8 Å². The van der Waals surface area contributed by atoms with Gasteiger partial charge in [0.2, 0.25) is 0 Å². The Morgan fingerprint density at radius 2 is 1.53 bits per heavy atom. The van der Waals surface area contributed by atoms with Crippen molar-refractivity contribution >= 4 is 8.15 Å². The smallest absolute Gasteiger partial charge is 0.150 e. The maximum Gasteiger partial charge on any atom is 0.150 e. The third-order valence-corrected chi connectivity index (χ3v) is 6.79. The van der Waals surface area contributed by atoms with Gasteiger partial charge < -0.3 is 9.26 Å². The van der Waals surface area contributed by atoms with Crippen LogP contribution in [0.3, 0.4) is 0 Å². The maximum atomic E-state index is 5.92. The second-order valence-electron chi connectivity index (χ2n) is 5.32. The first-order valence-corrected chi connectivity index (χ1v) is 7.25. The molecule has 1 saturated heterocycles. The van der Waals surface area contributed by atoms with Crippen molar-refractivity contribution in [3.8, 4) is 0 Å². The van der Waals surface area contributed by atoms with E-state index >= 15 is 0 Å². The summed E-state index contributed by atoms with van der Waals surface area (Å²) in [6, 6.07) is 0. The lowest BCUT2D eigenvalue weighted by molar-refractivity contribution is -0.0371. The molecule has 0 amide bonds. The van der Waals surface area contributed by atoms with Crippen molar-refractivity contribution in [3.63, 3.8) is 0 Å². The molecule has 1 rings (SSSR count). The Balaban J connectivity index is 2.99. The molecule has 0 saturated carbocycles. The summed E-state index contributed by atoms with van der Waals surface area (Å²) in [5.41, 5.74) is 0.619. The maximum absolute atomic E-state index is 5.92. The van der Waals surface area contributed by atoms with E-state index in [9.17, 15) is 0 Å². The van der Waals surface area contributed by atoms with Gasteiger partial charge in [-0.1, -0.05) is 41.5 Å². The van der Waals surface area contributed by atoms with Crippen LogP contribution in [0.5, 0.6) is 0 Å². The van der Waals surface area contributed by atoms with Gasteiger partial charge >= 0.3 is 0 Å². The first-order valence-electron chi connectivity index (χ1n) is 5.93. The normalized spacial score (nSPS) is 26.6. The van der Waals surface area contributed by atoms with Crippen LogP contribution in [0.25, 0.3) is 0 Å². The van der Waals surface area contributed by atoms with Crippen LogP contribution >= 0.6 is 8.15 Å². The van der Waals surface area contributed by atoms with E-state index in [1.807, 2.05) is 0 Å². The van der Waals surface area contributed by atoms with E-state index < -0.39 is 0 Å². The highest BCUT2D eigenvalue weighted by Gasteiger charge is 2.49. The quantitative estimate of drug-likeness (QED) is 0.688. The molecule has 0 aromatic carbocycles. The van der Waals surface area contributed by atoms with Gasteiger partial charge in [-0.2, -0.15) is 0 Å². The van der Waals surface area contributed by atoms with Gasteiger partial charge in [0.15, 0.2) is 6.79 Å². The lowest BCUT2D eigenvalue weighted by Crippen LogP contribution is -2.48. The average Bonchev–Trinajstić information content (AvgIpc) is 2.16. The fourth-order valence-electron chi connectivity index (χ4n) is 2.62. The molecule has 0 aromatic rings. The second-order valence-corrected chi connectivity index (χ2v) is 8.09. The first kappa shape index (κ1) is 13.4. The molecule has 0 spiro atoms. The molecule has 1 unspecified atom stereocenters. The van der Waals surface area contributed by atoms with Crippen molar-refractivity contribution in [2.75, 3.05) is 13.4 Å². The molecule has 15 heavy (non-hydrogen) atoms. The molecule has 0 N–H and O–H groups in total. The molecule has 1 aliphatic rings. The number of rotatable bonds is 3. The van der Waals surface area contributed by atoms with E-state index in [4.69, 9.17) is 9.26 Å². The summed E-state index contributed by atoms with van der Waals surface area (Å²) in [5.74, 6) is 1.23. The van der Waals surface area contributed by atoms with Gasteiger partial charge in [-0.25, -0.2) is 0 Å². The highest BCUT2D eigenvalue weighted by Crippen LogP contribution is 2.62. The van der Waals surface area contributed by atoms with Crippen LogP contribution in [0.1, 0.15) is 41.5 Å². The lowest BCUT2D eigenvalue weighted by Gasteiger charge is -2.50. The van der Waals surface area contributed by atoms with E-state index in [-0.39, 0.29) is 13.3 Å². The summed E-state index contributed by atoms with van der Waals surface area (Å²) in [5, 5.41) is 0.238. The molecule has 0 bridgehead atoms. The zero-order chi connectivity index (χ0) is 11.6. The predicted molar refractivity (Wildman–Crippen MR) is 66.4 cm³/mol. The minimum absolute atomic E-state index is 0.238. The summed E-state index contributed by atoms with van der Waals surface area (Å²) < 4.78 is 11.5. The average molecular weight is 232 g/mol. The van der Waals surface area contributed by atoms with Crippen molar-refractivity contribution in [1.82, 2.24) is 0 Å². The largest absolute Gasteiger partial charge is 0.354 e. The Labute approximate surface area is 95.6 Å². The van der Waals surface area contributed by atoms with Gasteiger partial charge in [-0.3, -0.25) is 0 Å². The Bertz CT molecular complexity index is 194. The van der Waals surface area contributed by atoms with Crippen LogP contribution < -0.4 is 0 Å². The van der Waals surface area contributed by atoms with Gasteiger partial charge in [0.25, 0.3) is 0 Å². The SMILES string of the molecule is CC(C)P1OCOCC1(C(C)C)C(C)C. The monoisotopic (exact) mass is 232 g/mol. The van der Waals surface area contributed by atoms with E-state index in [1.54, 1.807) is 0 Å². The summed E-state index contributed by atoms with van der Waals surface area (Å²) in [6.45, 7) is 15.1. The van der Waals surface area contributed by atoms with Gasteiger partial charge in [0.1, 0.15) is 0 Å². The van der Waals surface area contributed by atoms with Crippen molar-refractivity contribution < 1.29 is 9.26 Å². The number of ether oxygens (including phenoxy) is 1. The Kier molecular flexibility index (Phi) is 4.58. The molecule has 1 fully saturated rings. The first-order chi connectivity index (χ1) is 6.93. The predicted octanol–water partition coefficient (Wildman–Crippen LogP) is 3.85. The van der Waals surface area contributed by atoms with Crippen molar-refractivity contribution in [3.05, 3.63) is 0 Å². The van der Waals surface area contributed by atoms with Crippen LogP contribution in [0.4, 0.5) is 0 Å². The molecule has 0 aliphatic carbocycles. The Morgan fingerprint density at radius 3 is 1.87 bits per heavy atom. The van der Waals surface area contributed by atoms with Gasteiger partial charge in [-0.05, 0) is 17.5 Å². The summed E-state index contributed by atoms with van der Waals surface area (Å²) in [4.78, 5) is 0. The standard InChI is InChI=1S/C12H25O2P/c1-9(2)12(10(3)4)7-13-8-14-15(12)11(5)6/h9-11H,7-8H2,1-6H3. The van der Waals surface area contributed by atoms with Crippen LogP contribution in [0.2, 0.25) is 0 Å². The molecule has 0 radical (unpaired) electrons. The van der Waals surface area contributed by atoms with Crippen LogP contribution in [0.15, 0.2) is 0 Å².